The zero-order valence-corrected chi connectivity index (χ0v) is 22.5. The molecule has 4 rings (SSSR count). The Balaban J connectivity index is 1.64. The number of fused-ring (bicyclic) bond motifs is 1. The minimum atomic E-state index is -4.27. The van der Waals surface area contributed by atoms with Crippen LogP contribution in [0.1, 0.15) is 36.1 Å². The molecule has 0 aliphatic carbocycles. The summed E-state index contributed by atoms with van der Waals surface area (Å²) in [6.45, 7) is 2.51. The van der Waals surface area contributed by atoms with Gasteiger partial charge in [0.05, 0.1) is 23.1 Å². The van der Waals surface area contributed by atoms with Crippen LogP contribution in [0, 0.1) is 11.6 Å². The SMILES string of the molecule is CCC(O)N(CCCOCc1ccccc1)C1COc2c(F)ccc(F)c2C1S(=O)(=O)c1ccc(Cl)cc1. The number of nitrogens with zero attached hydrogens (tertiary/aromatic N) is 1. The van der Waals surface area contributed by atoms with Crippen molar-refractivity contribution < 1.29 is 31.8 Å². The van der Waals surface area contributed by atoms with Crippen molar-refractivity contribution in [2.45, 2.75) is 48.8 Å². The van der Waals surface area contributed by atoms with Gasteiger partial charge in [-0.25, -0.2) is 17.2 Å². The van der Waals surface area contributed by atoms with Crippen LogP contribution in [0.4, 0.5) is 8.78 Å². The maximum Gasteiger partial charge on any atom is 0.187 e. The van der Waals surface area contributed by atoms with Crippen molar-refractivity contribution >= 4 is 21.4 Å². The van der Waals surface area contributed by atoms with E-state index >= 15 is 4.39 Å². The molecule has 0 fully saturated rings. The van der Waals surface area contributed by atoms with Gasteiger partial charge in [-0.05, 0) is 54.8 Å². The van der Waals surface area contributed by atoms with E-state index in [1.54, 1.807) is 11.8 Å². The number of sulfone groups is 1. The predicted octanol–water partition coefficient (Wildman–Crippen LogP) is 5.53. The highest BCUT2D eigenvalue weighted by molar-refractivity contribution is 7.91. The van der Waals surface area contributed by atoms with Gasteiger partial charge in [0.15, 0.2) is 21.4 Å². The summed E-state index contributed by atoms with van der Waals surface area (Å²) in [6.07, 6.45) is -0.293. The van der Waals surface area contributed by atoms with E-state index in [0.717, 1.165) is 17.7 Å². The van der Waals surface area contributed by atoms with E-state index in [0.29, 0.717) is 24.7 Å². The number of rotatable bonds is 11. The Hall–Kier alpha value is -2.56. The van der Waals surface area contributed by atoms with Crippen LogP contribution in [0.5, 0.6) is 5.75 Å². The van der Waals surface area contributed by atoms with Crippen LogP contribution in [0.25, 0.3) is 0 Å². The van der Waals surface area contributed by atoms with Crippen LogP contribution in [-0.2, 0) is 21.2 Å². The summed E-state index contributed by atoms with van der Waals surface area (Å²) in [5, 5.41) is 9.72. The predicted molar refractivity (Wildman–Crippen MR) is 141 cm³/mol. The molecule has 3 atom stereocenters. The molecule has 0 saturated carbocycles. The second-order valence-corrected chi connectivity index (χ2v) is 11.6. The van der Waals surface area contributed by atoms with Gasteiger partial charge in [-0.3, -0.25) is 4.90 Å². The molecule has 0 bridgehead atoms. The molecule has 3 unspecified atom stereocenters. The van der Waals surface area contributed by atoms with Crippen molar-refractivity contribution in [3.05, 3.63) is 94.5 Å². The molecule has 10 heteroatoms. The molecule has 1 heterocycles. The first kappa shape index (κ1) is 28.4. The minimum Gasteiger partial charge on any atom is -0.488 e. The Morgan fingerprint density at radius 3 is 2.45 bits per heavy atom. The maximum atomic E-state index is 15.2. The first-order valence-corrected chi connectivity index (χ1v) is 14.3. The smallest absolute Gasteiger partial charge is 0.187 e. The molecule has 0 aromatic heterocycles. The Bertz CT molecular complexity index is 1330. The van der Waals surface area contributed by atoms with Crippen molar-refractivity contribution in [3.8, 4) is 5.75 Å². The van der Waals surface area contributed by atoms with Gasteiger partial charge in [-0.15, -0.1) is 0 Å². The number of ether oxygens (including phenoxy) is 2. The number of hydrogen-bond donors (Lipinski definition) is 1. The van der Waals surface area contributed by atoms with Gasteiger partial charge < -0.3 is 14.6 Å². The molecule has 38 heavy (non-hydrogen) atoms. The van der Waals surface area contributed by atoms with Crippen LogP contribution in [0.2, 0.25) is 5.02 Å². The van der Waals surface area contributed by atoms with Gasteiger partial charge in [0.2, 0.25) is 0 Å². The van der Waals surface area contributed by atoms with E-state index < -0.39 is 44.7 Å². The first-order valence-electron chi connectivity index (χ1n) is 12.4. The van der Waals surface area contributed by atoms with Gasteiger partial charge in [0.25, 0.3) is 0 Å². The van der Waals surface area contributed by atoms with E-state index in [9.17, 15) is 17.9 Å². The summed E-state index contributed by atoms with van der Waals surface area (Å²) in [7, 11) is -4.27. The summed E-state index contributed by atoms with van der Waals surface area (Å²) in [5.74, 6) is -2.18. The van der Waals surface area contributed by atoms with Gasteiger partial charge in [0, 0.05) is 18.2 Å². The Labute approximate surface area is 226 Å². The van der Waals surface area contributed by atoms with Gasteiger partial charge in [-0.2, -0.15) is 0 Å². The quantitative estimate of drug-likeness (QED) is 0.243. The third kappa shape index (κ3) is 6.18. The molecule has 0 radical (unpaired) electrons. The maximum absolute atomic E-state index is 15.2. The normalized spacial score (nSPS) is 18.2. The minimum absolute atomic E-state index is 0.0921. The third-order valence-electron chi connectivity index (χ3n) is 6.59. The average Bonchev–Trinajstić information content (AvgIpc) is 2.92. The standard InChI is InChI=1S/C28H30ClF2NO5S/c1-2-25(33)32(15-6-16-36-17-19-7-4-3-5-8-19)24-18-37-27-23(31)14-13-22(30)26(27)28(24)38(34,35)21-11-9-20(29)10-12-21/h3-5,7-14,24-25,28,33H,2,6,15-18H2,1H3. The lowest BCUT2D eigenvalue weighted by atomic mass is 9.99. The van der Waals surface area contributed by atoms with E-state index in [4.69, 9.17) is 21.1 Å². The lowest BCUT2D eigenvalue weighted by Gasteiger charge is -2.42. The molecule has 1 aliphatic heterocycles. The Morgan fingerprint density at radius 2 is 1.76 bits per heavy atom. The van der Waals surface area contributed by atoms with Crippen LogP contribution < -0.4 is 4.74 Å². The molecule has 0 saturated heterocycles. The Kier molecular flexibility index (Phi) is 9.38. The Morgan fingerprint density at radius 1 is 1.08 bits per heavy atom. The van der Waals surface area contributed by atoms with Crippen LogP contribution in [-0.4, -0.2) is 50.5 Å². The highest BCUT2D eigenvalue weighted by Gasteiger charge is 2.47. The molecule has 3 aromatic rings. The monoisotopic (exact) mass is 565 g/mol. The number of hydrogen-bond acceptors (Lipinski definition) is 6. The summed E-state index contributed by atoms with van der Waals surface area (Å²) in [4.78, 5) is 1.49. The fourth-order valence-corrected chi connectivity index (χ4v) is 6.81. The average molecular weight is 566 g/mol. The first-order chi connectivity index (χ1) is 18.2. The van der Waals surface area contributed by atoms with Gasteiger partial charge >= 0.3 is 0 Å². The summed E-state index contributed by atoms with van der Waals surface area (Å²) < 4.78 is 69.2. The van der Waals surface area contributed by atoms with E-state index in [2.05, 4.69) is 0 Å². The highest BCUT2D eigenvalue weighted by Crippen LogP contribution is 2.45. The van der Waals surface area contributed by atoms with Crippen molar-refractivity contribution in [2.24, 2.45) is 0 Å². The molecule has 6 nitrogen and oxygen atoms in total. The van der Waals surface area contributed by atoms with Gasteiger partial charge in [0.1, 0.15) is 23.9 Å². The summed E-state index contributed by atoms with van der Waals surface area (Å²) in [6, 6.07) is 16.0. The molecular weight excluding hydrogens is 536 g/mol. The lowest BCUT2D eigenvalue weighted by molar-refractivity contribution is -0.0485. The van der Waals surface area contributed by atoms with Crippen molar-refractivity contribution in [3.63, 3.8) is 0 Å². The van der Waals surface area contributed by atoms with Crippen molar-refractivity contribution in [1.29, 1.82) is 0 Å². The van der Waals surface area contributed by atoms with Crippen molar-refractivity contribution in [2.75, 3.05) is 19.8 Å². The molecule has 1 N–H and O–H groups in total. The third-order valence-corrected chi connectivity index (χ3v) is 8.99. The molecular formula is C28H30ClF2NO5S. The molecule has 3 aromatic carbocycles. The van der Waals surface area contributed by atoms with E-state index in [1.807, 2.05) is 30.3 Å². The van der Waals surface area contributed by atoms with Crippen LogP contribution in [0.15, 0.2) is 71.6 Å². The molecule has 1 aliphatic rings. The number of benzene rings is 3. The van der Waals surface area contributed by atoms with Crippen LogP contribution >= 0.6 is 11.6 Å². The zero-order valence-electron chi connectivity index (χ0n) is 20.9. The lowest BCUT2D eigenvalue weighted by Crippen LogP contribution is -2.53. The second kappa shape index (κ2) is 12.5. The number of aliphatic hydroxyl groups is 1. The van der Waals surface area contributed by atoms with E-state index in [-0.39, 0.29) is 30.0 Å². The summed E-state index contributed by atoms with van der Waals surface area (Å²) >= 11 is 5.96. The fraction of sp³-hybridized carbons (Fsp3) is 0.357. The van der Waals surface area contributed by atoms with Crippen LogP contribution in [0.3, 0.4) is 0 Å². The second-order valence-electron chi connectivity index (χ2n) is 9.09. The van der Waals surface area contributed by atoms with Gasteiger partial charge in [-0.1, -0.05) is 48.9 Å². The largest absolute Gasteiger partial charge is 0.488 e. The molecule has 204 valence electrons. The van der Waals surface area contributed by atoms with Crippen molar-refractivity contribution in [1.82, 2.24) is 4.90 Å². The molecule has 0 spiro atoms. The molecule has 0 amide bonds. The summed E-state index contributed by atoms with van der Waals surface area (Å²) in [5.41, 5.74) is 0.631. The fourth-order valence-electron chi connectivity index (χ4n) is 4.70. The highest BCUT2D eigenvalue weighted by atomic mass is 35.5. The van der Waals surface area contributed by atoms with E-state index in [1.165, 1.54) is 24.3 Å². The zero-order chi connectivity index (χ0) is 27.3. The number of halogens is 3. The number of aliphatic hydroxyl groups excluding tert-OH is 1. The topological polar surface area (TPSA) is 76.1 Å².